The maximum atomic E-state index is 12.6. The van der Waals surface area contributed by atoms with E-state index >= 15 is 0 Å². The van der Waals surface area contributed by atoms with Gasteiger partial charge in [0, 0.05) is 38.6 Å². The number of ether oxygens (including phenoxy) is 1. The fourth-order valence-electron chi connectivity index (χ4n) is 3.99. The summed E-state index contributed by atoms with van der Waals surface area (Å²) >= 11 is 0. The van der Waals surface area contributed by atoms with Crippen LogP contribution in [-0.2, 0) is 11.3 Å². The largest absolute Gasteiger partial charge is 0.494 e. The minimum atomic E-state index is 0. The highest BCUT2D eigenvalue weighted by atomic mass is 127. The van der Waals surface area contributed by atoms with Crippen LogP contribution in [0.2, 0.25) is 0 Å². The summed E-state index contributed by atoms with van der Waals surface area (Å²) in [6, 6.07) is 8.34. The lowest BCUT2D eigenvalue weighted by Gasteiger charge is -2.21. The maximum Gasteiger partial charge on any atom is 0.225 e. The normalized spacial score (nSPS) is 20.0. The number of amides is 1. The van der Waals surface area contributed by atoms with Crippen molar-refractivity contribution >= 4 is 35.8 Å². The molecule has 3 rings (SSSR count). The molecule has 1 amide bonds. The number of carbonyl (C=O) groups is 1. The number of hydrogen-bond donors (Lipinski definition) is 2. The van der Waals surface area contributed by atoms with Crippen molar-refractivity contribution < 1.29 is 9.53 Å². The van der Waals surface area contributed by atoms with Gasteiger partial charge in [-0.2, -0.15) is 0 Å². The maximum absolute atomic E-state index is 12.6. The van der Waals surface area contributed by atoms with E-state index < -0.39 is 0 Å². The number of guanidine groups is 1. The van der Waals surface area contributed by atoms with Crippen molar-refractivity contribution in [3.8, 4) is 5.75 Å². The van der Waals surface area contributed by atoms with E-state index in [0.717, 1.165) is 49.6 Å². The van der Waals surface area contributed by atoms with Crippen LogP contribution in [0, 0.1) is 5.92 Å². The number of aliphatic imine (C=N–C) groups is 1. The molecule has 1 heterocycles. The molecule has 1 atom stereocenters. The van der Waals surface area contributed by atoms with E-state index in [0.29, 0.717) is 19.1 Å². The topological polar surface area (TPSA) is 66.0 Å². The third kappa shape index (κ3) is 6.25. The predicted molar refractivity (Wildman–Crippen MR) is 123 cm³/mol. The van der Waals surface area contributed by atoms with Crippen LogP contribution < -0.4 is 15.4 Å². The average molecular weight is 500 g/mol. The van der Waals surface area contributed by atoms with Crippen LogP contribution in [0.1, 0.15) is 44.6 Å². The average Bonchev–Trinajstić information content (AvgIpc) is 3.37. The van der Waals surface area contributed by atoms with Gasteiger partial charge in [0.05, 0.1) is 6.61 Å². The molecule has 0 radical (unpaired) electrons. The molecule has 1 aliphatic carbocycles. The molecule has 6 nitrogen and oxygen atoms in total. The van der Waals surface area contributed by atoms with Gasteiger partial charge >= 0.3 is 0 Å². The third-order valence-electron chi connectivity index (χ3n) is 5.44. The second-order valence-electron chi connectivity index (χ2n) is 7.40. The first-order valence-corrected chi connectivity index (χ1v) is 10.2. The van der Waals surface area contributed by atoms with Gasteiger partial charge in [0.1, 0.15) is 5.75 Å². The summed E-state index contributed by atoms with van der Waals surface area (Å²) in [5, 5.41) is 6.83. The predicted octanol–water partition coefficient (Wildman–Crippen LogP) is 3.16. The molecule has 0 spiro atoms. The van der Waals surface area contributed by atoms with Crippen LogP contribution in [0.15, 0.2) is 29.3 Å². The Morgan fingerprint density at radius 1 is 1.29 bits per heavy atom. The molecule has 2 fully saturated rings. The number of carbonyl (C=O) groups excluding carboxylic acids is 1. The smallest absolute Gasteiger partial charge is 0.225 e. The molecule has 2 N–H and O–H groups in total. The molecule has 156 valence electrons. The summed E-state index contributed by atoms with van der Waals surface area (Å²) in [4.78, 5) is 19.0. The van der Waals surface area contributed by atoms with Crippen molar-refractivity contribution in [2.45, 2.75) is 51.6 Å². The van der Waals surface area contributed by atoms with Crippen molar-refractivity contribution in [2.24, 2.45) is 10.9 Å². The molecule has 1 saturated carbocycles. The lowest BCUT2D eigenvalue weighted by atomic mass is 10.1. The molecule has 0 bridgehead atoms. The molecule has 1 unspecified atom stereocenters. The van der Waals surface area contributed by atoms with Crippen molar-refractivity contribution in [2.75, 3.05) is 26.7 Å². The van der Waals surface area contributed by atoms with E-state index in [-0.39, 0.29) is 35.9 Å². The molecule has 1 saturated heterocycles. The SMILES string of the molecule is CCOc1cccc(CNC(=NC)NC2CCN(C(=O)C3CCCC3)C2)c1.I. The highest BCUT2D eigenvalue weighted by molar-refractivity contribution is 14.0. The van der Waals surface area contributed by atoms with E-state index in [1.165, 1.54) is 12.8 Å². The Morgan fingerprint density at radius 3 is 2.79 bits per heavy atom. The lowest BCUT2D eigenvalue weighted by molar-refractivity contribution is -0.134. The van der Waals surface area contributed by atoms with Gasteiger partial charge in [0.2, 0.25) is 5.91 Å². The van der Waals surface area contributed by atoms with Gasteiger partial charge in [0.15, 0.2) is 5.96 Å². The Morgan fingerprint density at radius 2 is 2.07 bits per heavy atom. The molecule has 28 heavy (non-hydrogen) atoms. The summed E-state index contributed by atoms with van der Waals surface area (Å²) in [5.74, 6) is 2.28. The van der Waals surface area contributed by atoms with Gasteiger partial charge in [-0.1, -0.05) is 25.0 Å². The number of hydrogen-bond acceptors (Lipinski definition) is 3. The quantitative estimate of drug-likeness (QED) is 0.358. The van der Waals surface area contributed by atoms with Crippen molar-refractivity contribution in [3.05, 3.63) is 29.8 Å². The lowest BCUT2D eigenvalue weighted by Crippen LogP contribution is -2.45. The number of nitrogens with one attached hydrogen (secondary N) is 2. The molecule has 2 aliphatic rings. The number of nitrogens with zero attached hydrogens (tertiary/aromatic N) is 2. The standard InChI is InChI=1S/C21H32N4O2.HI/c1-3-27-19-10-6-7-16(13-19)14-23-21(22-2)24-18-11-12-25(15-18)20(26)17-8-4-5-9-17;/h6-7,10,13,17-18H,3-5,8-9,11-12,14-15H2,1-2H3,(H2,22,23,24);1H. The summed E-state index contributed by atoms with van der Waals surface area (Å²) in [6.07, 6.45) is 5.51. The Hall–Kier alpha value is -1.51. The molecule has 7 heteroatoms. The number of halogens is 1. The van der Waals surface area contributed by atoms with E-state index in [9.17, 15) is 4.79 Å². The van der Waals surface area contributed by atoms with Crippen LogP contribution >= 0.6 is 24.0 Å². The van der Waals surface area contributed by atoms with Crippen LogP contribution in [-0.4, -0.2) is 49.6 Å². The summed E-state index contributed by atoms with van der Waals surface area (Å²) in [7, 11) is 1.78. The molecule has 0 aromatic heterocycles. The molecule has 1 aromatic rings. The van der Waals surface area contributed by atoms with Crippen molar-refractivity contribution in [1.82, 2.24) is 15.5 Å². The van der Waals surface area contributed by atoms with Gasteiger partial charge in [-0.25, -0.2) is 0 Å². The second kappa shape index (κ2) is 11.5. The summed E-state index contributed by atoms with van der Waals surface area (Å²) < 4.78 is 5.55. The number of rotatable bonds is 6. The molecule has 1 aromatic carbocycles. The Kier molecular flexibility index (Phi) is 9.34. The number of likely N-dealkylation sites (tertiary alicyclic amines) is 1. The van der Waals surface area contributed by atoms with Gasteiger partial charge < -0.3 is 20.3 Å². The first kappa shape index (κ1) is 22.8. The molecule has 1 aliphatic heterocycles. The van der Waals surface area contributed by atoms with Gasteiger partial charge in [0.25, 0.3) is 0 Å². The highest BCUT2D eigenvalue weighted by Crippen LogP contribution is 2.27. The first-order valence-electron chi connectivity index (χ1n) is 10.2. The van der Waals surface area contributed by atoms with E-state index in [4.69, 9.17) is 4.74 Å². The minimum Gasteiger partial charge on any atom is -0.494 e. The van der Waals surface area contributed by atoms with Crippen LogP contribution in [0.3, 0.4) is 0 Å². The van der Waals surface area contributed by atoms with E-state index in [2.05, 4.69) is 21.7 Å². The van der Waals surface area contributed by atoms with E-state index in [1.54, 1.807) is 7.05 Å². The molecular weight excluding hydrogens is 467 g/mol. The summed E-state index contributed by atoms with van der Waals surface area (Å²) in [5.41, 5.74) is 1.15. The van der Waals surface area contributed by atoms with Crippen LogP contribution in [0.4, 0.5) is 0 Å². The van der Waals surface area contributed by atoms with Crippen LogP contribution in [0.5, 0.6) is 5.75 Å². The fraction of sp³-hybridized carbons (Fsp3) is 0.619. The first-order chi connectivity index (χ1) is 13.2. The van der Waals surface area contributed by atoms with Crippen molar-refractivity contribution in [3.63, 3.8) is 0 Å². The number of benzene rings is 1. The van der Waals surface area contributed by atoms with Crippen molar-refractivity contribution in [1.29, 1.82) is 0 Å². The van der Waals surface area contributed by atoms with Gasteiger partial charge in [-0.05, 0) is 43.9 Å². The molecular formula is C21H33IN4O2. The zero-order valence-electron chi connectivity index (χ0n) is 16.9. The zero-order chi connectivity index (χ0) is 19.1. The third-order valence-corrected chi connectivity index (χ3v) is 5.44. The van der Waals surface area contributed by atoms with Gasteiger partial charge in [-0.3, -0.25) is 9.79 Å². The summed E-state index contributed by atoms with van der Waals surface area (Å²) in [6.45, 7) is 4.95. The van der Waals surface area contributed by atoms with Gasteiger partial charge in [-0.15, -0.1) is 24.0 Å². The monoisotopic (exact) mass is 500 g/mol. The Bertz CT molecular complexity index is 662. The second-order valence-corrected chi connectivity index (χ2v) is 7.40. The van der Waals surface area contributed by atoms with Crippen LogP contribution in [0.25, 0.3) is 0 Å². The Balaban J connectivity index is 0.00000280. The highest BCUT2D eigenvalue weighted by Gasteiger charge is 2.32. The zero-order valence-corrected chi connectivity index (χ0v) is 19.3. The fourth-order valence-corrected chi connectivity index (χ4v) is 3.99. The minimum absolute atomic E-state index is 0. The van der Waals surface area contributed by atoms with E-state index in [1.807, 2.05) is 30.0 Å². The Labute approximate surface area is 185 Å².